The highest BCUT2D eigenvalue weighted by Crippen LogP contribution is 2.41. The molecule has 0 amide bonds. The highest BCUT2D eigenvalue weighted by atomic mass is 35.5. The molecule has 0 aliphatic heterocycles. The van der Waals surface area contributed by atoms with Gasteiger partial charge in [-0.25, -0.2) is 9.59 Å². The predicted molar refractivity (Wildman–Crippen MR) is 98.3 cm³/mol. The first-order valence-electron chi connectivity index (χ1n) is 7.75. The number of nitrogens with one attached hydrogen (secondary N) is 1. The van der Waals surface area contributed by atoms with Crippen molar-refractivity contribution in [2.45, 2.75) is 13.8 Å². The van der Waals surface area contributed by atoms with Gasteiger partial charge in [0.15, 0.2) is 11.5 Å². The number of hydrogen-bond acceptors (Lipinski definition) is 7. The molecule has 1 aromatic carbocycles. The first kappa shape index (κ1) is 20.8. The van der Waals surface area contributed by atoms with Crippen molar-refractivity contribution in [1.82, 2.24) is 4.98 Å². The fourth-order valence-electron chi connectivity index (χ4n) is 2.55. The number of anilines is 1. The van der Waals surface area contributed by atoms with Crippen molar-refractivity contribution in [3.05, 3.63) is 38.6 Å². The number of H-pyrrole nitrogens is 1. The summed E-state index contributed by atoms with van der Waals surface area (Å²) in [6.45, 7) is 2.90. The molecule has 2 aromatic rings. The van der Waals surface area contributed by atoms with E-state index in [2.05, 4.69) is 0 Å². The summed E-state index contributed by atoms with van der Waals surface area (Å²) in [6.07, 6.45) is 0. The van der Waals surface area contributed by atoms with Crippen LogP contribution in [0, 0.1) is 0 Å². The second-order valence-corrected chi connectivity index (χ2v) is 5.82. The molecular formula is C17H15ClN2O8. The first-order valence-corrected chi connectivity index (χ1v) is 8.13. The number of carbonyl (C=O) groups excluding carboxylic acids is 1. The van der Waals surface area contributed by atoms with Gasteiger partial charge in [0.05, 0.1) is 11.6 Å². The normalized spacial score (nSPS) is 10.4. The van der Waals surface area contributed by atoms with Crippen LogP contribution in [0.15, 0.2) is 16.9 Å². The minimum atomic E-state index is -1.67. The molecule has 0 aliphatic rings. The summed E-state index contributed by atoms with van der Waals surface area (Å²) >= 11 is 6.14. The van der Waals surface area contributed by atoms with E-state index in [0.29, 0.717) is 0 Å². The van der Waals surface area contributed by atoms with Gasteiger partial charge in [0.1, 0.15) is 16.9 Å². The molecule has 0 unspecified atom stereocenters. The lowest BCUT2D eigenvalue weighted by atomic mass is 9.95. The number of pyridine rings is 1. The molecule has 1 heterocycles. The van der Waals surface area contributed by atoms with E-state index in [9.17, 15) is 29.4 Å². The molecule has 0 saturated heterocycles. The number of carboxylic acids is 2. The third kappa shape index (κ3) is 3.91. The maximum absolute atomic E-state index is 12.1. The Bertz CT molecular complexity index is 1040. The Balaban J connectivity index is 2.95. The number of halogens is 1. The van der Waals surface area contributed by atoms with Crippen LogP contribution >= 0.6 is 11.6 Å². The molecule has 10 nitrogen and oxygen atoms in total. The van der Waals surface area contributed by atoms with Crippen LogP contribution in [0.5, 0.6) is 11.5 Å². The molecule has 0 aliphatic carbocycles. The monoisotopic (exact) mass is 410 g/mol. The second-order valence-electron chi connectivity index (χ2n) is 5.42. The van der Waals surface area contributed by atoms with E-state index < -0.39 is 46.0 Å². The van der Waals surface area contributed by atoms with Crippen LogP contribution < -0.4 is 20.8 Å². The summed E-state index contributed by atoms with van der Waals surface area (Å²) in [7, 11) is 0. The van der Waals surface area contributed by atoms with Gasteiger partial charge in [-0.3, -0.25) is 9.59 Å². The number of carboxylic acid groups (broad SMARTS) is 2. The zero-order valence-electron chi connectivity index (χ0n) is 14.7. The number of nitrogen functional groups attached to an aromatic ring is 1. The molecule has 0 saturated carbocycles. The smallest absolute Gasteiger partial charge is 0.342 e. The molecule has 148 valence electrons. The molecule has 2 rings (SSSR count). The van der Waals surface area contributed by atoms with Gasteiger partial charge in [-0.15, -0.1) is 0 Å². The third-order valence-corrected chi connectivity index (χ3v) is 3.80. The van der Waals surface area contributed by atoms with Gasteiger partial charge in [-0.1, -0.05) is 11.6 Å². The van der Waals surface area contributed by atoms with Gasteiger partial charge in [0.2, 0.25) is 0 Å². The Morgan fingerprint density at radius 1 is 1.18 bits per heavy atom. The molecule has 0 bridgehead atoms. The lowest BCUT2D eigenvalue weighted by molar-refractivity contribution is -0.132. The van der Waals surface area contributed by atoms with Crippen LogP contribution in [-0.2, 0) is 4.79 Å². The Morgan fingerprint density at radius 2 is 1.79 bits per heavy atom. The third-order valence-electron chi connectivity index (χ3n) is 3.52. The average molecular weight is 411 g/mol. The van der Waals surface area contributed by atoms with Crippen LogP contribution in [0.1, 0.15) is 34.6 Å². The molecule has 0 fully saturated rings. The highest BCUT2D eigenvalue weighted by molar-refractivity contribution is 6.33. The summed E-state index contributed by atoms with van der Waals surface area (Å²) in [5.41, 5.74) is 2.50. The SMILES string of the molecule is CCOc1cc(-c2c(C(=O)O)c(N)[nH]c(=O)c2C(=O)O)cc(Cl)c1OC(C)=O. The molecule has 0 radical (unpaired) electrons. The number of esters is 1. The fraction of sp³-hybridized carbons (Fsp3) is 0.176. The van der Waals surface area contributed by atoms with Gasteiger partial charge in [-0.05, 0) is 24.6 Å². The summed E-state index contributed by atoms with van der Waals surface area (Å²) in [4.78, 5) is 48.7. The Morgan fingerprint density at radius 3 is 2.29 bits per heavy atom. The van der Waals surface area contributed by atoms with Crippen LogP contribution in [0.2, 0.25) is 5.02 Å². The number of ether oxygens (including phenoxy) is 2. The van der Waals surface area contributed by atoms with Crippen molar-refractivity contribution in [2.24, 2.45) is 0 Å². The molecule has 0 atom stereocenters. The number of benzene rings is 1. The van der Waals surface area contributed by atoms with Crippen molar-refractivity contribution in [3.8, 4) is 22.6 Å². The summed E-state index contributed by atoms with van der Waals surface area (Å²) in [6, 6.07) is 2.36. The highest BCUT2D eigenvalue weighted by Gasteiger charge is 2.28. The number of carbonyl (C=O) groups is 3. The number of aromatic nitrogens is 1. The van der Waals surface area contributed by atoms with Gasteiger partial charge < -0.3 is 30.4 Å². The van der Waals surface area contributed by atoms with Crippen molar-refractivity contribution >= 4 is 35.3 Å². The average Bonchev–Trinajstić information content (AvgIpc) is 2.56. The topological polar surface area (TPSA) is 169 Å². The largest absolute Gasteiger partial charge is 0.490 e. The van der Waals surface area contributed by atoms with Crippen LogP contribution in [0.4, 0.5) is 5.82 Å². The van der Waals surface area contributed by atoms with Crippen LogP contribution in [0.3, 0.4) is 0 Å². The quantitative estimate of drug-likeness (QED) is 0.410. The Labute approximate surface area is 162 Å². The molecule has 28 heavy (non-hydrogen) atoms. The Kier molecular flexibility index (Phi) is 5.94. The van der Waals surface area contributed by atoms with E-state index in [1.807, 2.05) is 4.98 Å². The first-order chi connectivity index (χ1) is 13.1. The van der Waals surface area contributed by atoms with Gasteiger partial charge >= 0.3 is 17.9 Å². The fourth-order valence-corrected chi connectivity index (χ4v) is 2.80. The summed E-state index contributed by atoms with van der Waals surface area (Å²) in [5.74, 6) is -4.64. The molecular weight excluding hydrogens is 396 g/mol. The minimum absolute atomic E-state index is 0.0493. The lowest BCUT2D eigenvalue weighted by Crippen LogP contribution is -2.24. The molecule has 1 aromatic heterocycles. The van der Waals surface area contributed by atoms with Gasteiger partial charge in [0, 0.05) is 12.5 Å². The van der Waals surface area contributed by atoms with Crippen molar-refractivity contribution in [1.29, 1.82) is 0 Å². The zero-order valence-corrected chi connectivity index (χ0v) is 15.4. The van der Waals surface area contributed by atoms with Crippen LogP contribution in [-0.4, -0.2) is 39.7 Å². The van der Waals surface area contributed by atoms with E-state index in [-0.39, 0.29) is 28.7 Å². The molecule has 5 N–H and O–H groups in total. The lowest BCUT2D eigenvalue weighted by Gasteiger charge is -2.16. The summed E-state index contributed by atoms with van der Waals surface area (Å²) < 4.78 is 10.4. The maximum atomic E-state index is 12.1. The van der Waals surface area contributed by atoms with E-state index in [4.69, 9.17) is 26.8 Å². The van der Waals surface area contributed by atoms with E-state index in [0.717, 1.165) is 13.0 Å². The molecule has 11 heteroatoms. The number of aromatic carboxylic acids is 2. The van der Waals surface area contributed by atoms with Crippen molar-refractivity contribution in [2.75, 3.05) is 12.3 Å². The van der Waals surface area contributed by atoms with E-state index >= 15 is 0 Å². The number of nitrogens with two attached hydrogens (primary N) is 1. The molecule has 0 spiro atoms. The Hall–Kier alpha value is -3.53. The maximum Gasteiger partial charge on any atom is 0.342 e. The van der Waals surface area contributed by atoms with E-state index in [1.165, 1.54) is 6.07 Å². The number of hydrogen-bond donors (Lipinski definition) is 4. The van der Waals surface area contributed by atoms with E-state index in [1.54, 1.807) is 6.92 Å². The van der Waals surface area contributed by atoms with Crippen LogP contribution in [0.25, 0.3) is 11.1 Å². The standard InChI is InChI=1S/C17H15ClN2O8/c1-3-27-9-5-7(4-8(18)13(9)28-6(2)21)10-11(16(23)24)14(19)20-15(22)12(10)17(25)26/h4-5H,3H2,1-2H3,(H,23,24)(H,25,26)(H3,19,20,22). The summed E-state index contributed by atoms with van der Waals surface area (Å²) in [5, 5.41) is 18.8. The number of aromatic amines is 1. The second kappa shape index (κ2) is 8.01. The number of rotatable bonds is 6. The van der Waals surface area contributed by atoms with Gasteiger partial charge in [0.25, 0.3) is 5.56 Å². The van der Waals surface area contributed by atoms with Gasteiger partial charge in [-0.2, -0.15) is 0 Å². The zero-order chi connectivity index (χ0) is 21.2. The van der Waals surface area contributed by atoms with Crippen molar-refractivity contribution in [3.63, 3.8) is 0 Å². The minimum Gasteiger partial charge on any atom is -0.490 e. The van der Waals surface area contributed by atoms with Crippen molar-refractivity contribution < 1.29 is 34.1 Å². The predicted octanol–water partition coefficient (Wildman–Crippen LogP) is 2.00.